The minimum Gasteiger partial charge on any atom is -0.490 e. The van der Waals surface area contributed by atoms with E-state index in [1.165, 1.54) is 19.3 Å². The maximum atomic E-state index is 12.6. The molecule has 33 heavy (non-hydrogen) atoms. The number of ketones is 1. The highest BCUT2D eigenvalue weighted by atomic mass is 16.7. The molecule has 6 aliphatic rings. The van der Waals surface area contributed by atoms with Gasteiger partial charge in [0.15, 0.2) is 11.5 Å². The minimum atomic E-state index is -0.351. The lowest BCUT2D eigenvalue weighted by molar-refractivity contribution is -0.272. The zero-order chi connectivity index (χ0) is 23.2. The Labute approximate surface area is 198 Å². The molecule has 0 aromatic carbocycles. The van der Waals surface area contributed by atoms with E-state index >= 15 is 0 Å². The van der Waals surface area contributed by atoms with Crippen LogP contribution >= 0.6 is 0 Å². The summed E-state index contributed by atoms with van der Waals surface area (Å²) in [5, 5.41) is 0. The molecular formula is C29H40O4. The second kappa shape index (κ2) is 7.31. The van der Waals surface area contributed by atoms with E-state index in [0.29, 0.717) is 54.0 Å². The van der Waals surface area contributed by atoms with E-state index in [9.17, 15) is 4.79 Å². The molecule has 4 fully saturated rings. The third-order valence-corrected chi connectivity index (χ3v) is 10.8. The Kier molecular flexibility index (Phi) is 4.89. The van der Waals surface area contributed by atoms with Crippen LogP contribution in [0.3, 0.4) is 0 Å². The predicted molar refractivity (Wildman–Crippen MR) is 127 cm³/mol. The van der Waals surface area contributed by atoms with Gasteiger partial charge in [-0.2, -0.15) is 0 Å². The summed E-state index contributed by atoms with van der Waals surface area (Å²) >= 11 is 0. The lowest BCUT2D eigenvalue weighted by Gasteiger charge is -2.55. The minimum absolute atomic E-state index is 0.0118. The number of hydrogen-bond acceptors (Lipinski definition) is 4. The fourth-order valence-corrected chi connectivity index (χ4v) is 9.01. The van der Waals surface area contributed by atoms with Crippen molar-refractivity contribution in [1.82, 2.24) is 0 Å². The zero-order valence-corrected chi connectivity index (χ0v) is 20.9. The maximum Gasteiger partial charge on any atom is 0.220 e. The van der Waals surface area contributed by atoms with Crippen molar-refractivity contribution in [2.24, 2.45) is 46.3 Å². The quantitative estimate of drug-likeness (QED) is 0.528. The number of fused-ring (bicyclic) bond motifs is 7. The molecule has 0 unspecified atom stereocenters. The smallest absolute Gasteiger partial charge is 0.220 e. The predicted octanol–water partition coefficient (Wildman–Crippen LogP) is 5.84. The first-order valence-electron chi connectivity index (χ1n) is 13.3. The number of hydrogen-bond donors (Lipinski definition) is 0. The average Bonchev–Trinajstić information content (AvgIpc) is 3.22. The van der Waals surface area contributed by atoms with E-state index in [1.807, 2.05) is 13.0 Å². The fraction of sp³-hybridized carbons (Fsp3) is 0.759. The van der Waals surface area contributed by atoms with Crippen molar-refractivity contribution in [1.29, 1.82) is 0 Å². The molecule has 0 amide bonds. The Bertz CT molecular complexity index is 937. The summed E-state index contributed by atoms with van der Waals surface area (Å²) in [7, 11) is 0. The third-order valence-electron chi connectivity index (χ3n) is 10.8. The normalized spacial score (nSPS) is 52.5. The van der Waals surface area contributed by atoms with Gasteiger partial charge in [0, 0.05) is 17.8 Å². The van der Waals surface area contributed by atoms with Crippen LogP contribution in [0, 0.1) is 46.3 Å². The SMILES string of the molecule is CCOC1=C[C@@]2(C)C(=CC1=O)C=C[C@H]1[C@@H]3C[C@@H]4O[C@]5(CC[C@@H](C)CO5)[C@@H](C)[C@@H]4[C@@]3(C)CC[C@@H]12. The molecule has 2 aliphatic heterocycles. The molecule has 0 N–H and O–H groups in total. The van der Waals surface area contributed by atoms with Gasteiger partial charge in [-0.3, -0.25) is 4.79 Å². The lowest BCUT2D eigenvalue weighted by Crippen LogP contribution is -2.51. The van der Waals surface area contributed by atoms with Crippen molar-refractivity contribution < 1.29 is 19.0 Å². The summed E-state index contributed by atoms with van der Waals surface area (Å²) in [6.45, 7) is 12.9. The van der Waals surface area contributed by atoms with Crippen LogP contribution < -0.4 is 0 Å². The Morgan fingerprint density at radius 1 is 1.15 bits per heavy atom. The Morgan fingerprint density at radius 2 is 1.97 bits per heavy atom. The molecular weight excluding hydrogens is 412 g/mol. The van der Waals surface area contributed by atoms with Crippen LogP contribution in [0.5, 0.6) is 0 Å². The summed E-state index contributed by atoms with van der Waals surface area (Å²) in [5.74, 6) is 3.48. The van der Waals surface area contributed by atoms with Gasteiger partial charge in [0.25, 0.3) is 0 Å². The molecule has 2 saturated heterocycles. The van der Waals surface area contributed by atoms with E-state index in [2.05, 4.69) is 45.9 Å². The second-order valence-electron chi connectivity index (χ2n) is 12.4. The summed E-state index contributed by atoms with van der Waals surface area (Å²) in [6.07, 6.45) is 14.8. The maximum absolute atomic E-state index is 12.6. The van der Waals surface area contributed by atoms with Gasteiger partial charge in [-0.05, 0) is 85.3 Å². The van der Waals surface area contributed by atoms with Crippen LogP contribution in [0.25, 0.3) is 0 Å². The summed E-state index contributed by atoms with van der Waals surface area (Å²) in [6, 6.07) is 0. The van der Waals surface area contributed by atoms with E-state index < -0.39 is 0 Å². The van der Waals surface area contributed by atoms with E-state index in [0.717, 1.165) is 25.0 Å². The van der Waals surface area contributed by atoms with Crippen LogP contribution in [0.4, 0.5) is 0 Å². The first-order valence-corrected chi connectivity index (χ1v) is 13.3. The summed E-state index contributed by atoms with van der Waals surface area (Å²) < 4.78 is 19.1. The zero-order valence-electron chi connectivity index (χ0n) is 20.9. The van der Waals surface area contributed by atoms with E-state index in [-0.39, 0.29) is 22.4 Å². The van der Waals surface area contributed by atoms with Crippen LogP contribution in [-0.4, -0.2) is 30.9 Å². The highest BCUT2D eigenvalue weighted by Gasteiger charge is 2.68. The largest absolute Gasteiger partial charge is 0.490 e. The number of carbonyl (C=O) groups excluding carboxylic acids is 1. The molecule has 4 nitrogen and oxygen atoms in total. The highest BCUT2D eigenvalue weighted by Crippen LogP contribution is 2.69. The highest BCUT2D eigenvalue weighted by molar-refractivity contribution is 6.04. The molecule has 180 valence electrons. The van der Waals surface area contributed by atoms with Crippen LogP contribution in [0.2, 0.25) is 0 Å². The molecule has 0 radical (unpaired) electrons. The van der Waals surface area contributed by atoms with Gasteiger partial charge >= 0.3 is 0 Å². The van der Waals surface area contributed by atoms with Crippen LogP contribution in [-0.2, 0) is 19.0 Å². The molecule has 2 saturated carbocycles. The topological polar surface area (TPSA) is 44.8 Å². The molecule has 0 bridgehead atoms. The standard InChI is InChI=1S/C29H40O4/c1-6-31-25-15-28(5)19(13-23(25)30)7-8-20-21(28)10-11-27(4)22(20)14-24-26(27)18(3)29(33-24)12-9-17(2)16-32-29/h7-8,13,15,17-18,20-22,24,26H,6,9-12,14,16H2,1-5H3/t17-,18+,20-,21+,22+,24+,26+,27+,28+,29-/m1/s1. The molecule has 1 spiro atoms. The number of rotatable bonds is 2. The Morgan fingerprint density at radius 3 is 2.70 bits per heavy atom. The second-order valence-corrected chi connectivity index (χ2v) is 12.4. The van der Waals surface area contributed by atoms with Gasteiger partial charge in [-0.15, -0.1) is 0 Å². The van der Waals surface area contributed by atoms with Crippen molar-refractivity contribution in [3.8, 4) is 0 Å². The number of ether oxygens (including phenoxy) is 3. The van der Waals surface area contributed by atoms with Crippen molar-refractivity contribution in [3.63, 3.8) is 0 Å². The van der Waals surface area contributed by atoms with Gasteiger partial charge in [-0.1, -0.05) is 39.8 Å². The number of carbonyl (C=O) groups is 1. The van der Waals surface area contributed by atoms with Crippen molar-refractivity contribution in [2.45, 2.75) is 78.6 Å². The van der Waals surface area contributed by atoms with Gasteiger partial charge in [0.05, 0.1) is 19.3 Å². The first-order chi connectivity index (χ1) is 15.7. The molecule has 4 heteroatoms. The summed E-state index contributed by atoms with van der Waals surface area (Å²) in [5.41, 5.74) is 1.31. The van der Waals surface area contributed by atoms with Crippen molar-refractivity contribution in [3.05, 3.63) is 35.6 Å². The van der Waals surface area contributed by atoms with Gasteiger partial charge in [-0.25, -0.2) is 0 Å². The average molecular weight is 453 g/mol. The van der Waals surface area contributed by atoms with Crippen LogP contribution in [0.1, 0.15) is 66.7 Å². The van der Waals surface area contributed by atoms with Gasteiger partial charge < -0.3 is 14.2 Å². The first kappa shape index (κ1) is 22.1. The van der Waals surface area contributed by atoms with E-state index in [4.69, 9.17) is 14.2 Å². The number of allylic oxidation sites excluding steroid dienone is 5. The van der Waals surface area contributed by atoms with E-state index in [1.54, 1.807) is 0 Å². The van der Waals surface area contributed by atoms with Gasteiger partial charge in [0.2, 0.25) is 5.78 Å². The monoisotopic (exact) mass is 452 g/mol. The Hall–Kier alpha value is -1.39. The molecule has 10 atom stereocenters. The third kappa shape index (κ3) is 2.92. The Balaban J connectivity index is 1.31. The summed E-state index contributed by atoms with van der Waals surface area (Å²) in [4.78, 5) is 12.6. The molecule has 0 aromatic heterocycles. The van der Waals surface area contributed by atoms with Crippen LogP contribution in [0.15, 0.2) is 35.6 Å². The van der Waals surface area contributed by atoms with Crippen molar-refractivity contribution >= 4 is 5.78 Å². The lowest BCUT2D eigenvalue weighted by atomic mass is 9.49. The van der Waals surface area contributed by atoms with Crippen molar-refractivity contribution in [2.75, 3.05) is 13.2 Å². The molecule has 4 aliphatic carbocycles. The fourth-order valence-electron chi connectivity index (χ4n) is 9.01. The molecule has 0 aromatic rings. The molecule has 6 rings (SSSR count). The van der Waals surface area contributed by atoms with Gasteiger partial charge in [0.1, 0.15) is 0 Å². The molecule has 2 heterocycles.